The average Bonchev–Trinajstić information content (AvgIpc) is 2.35. The highest BCUT2D eigenvalue weighted by Gasteiger charge is 2.03. The summed E-state index contributed by atoms with van der Waals surface area (Å²) in [5.74, 6) is -1.08. The summed E-state index contributed by atoms with van der Waals surface area (Å²) < 4.78 is 12.9. The van der Waals surface area contributed by atoms with Gasteiger partial charge in [-0.2, -0.15) is 0 Å². The molecule has 0 saturated heterocycles. The van der Waals surface area contributed by atoms with E-state index in [1.54, 1.807) is 12.1 Å². The summed E-state index contributed by atoms with van der Waals surface area (Å²) in [7, 11) is 0. The number of hydrogen-bond donors (Lipinski definition) is 2. The van der Waals surface area contributed by atoms with Crippen LogP contribution in [0, 0.1) is 12.7 Å². The molecule has 0 spiro atoms. The van der Waals surface area contributed by atoms with Crippen molar-refractivity contribution in [2.45, 2.75) is 26.7 Å². The minimum atomic E-state index is -0.862. The van der Waals surface area contributed by atoms with E-state index in [2.05, 4.69) is 5.32 Å². The van der Waals surface area contributed by atoms with Crippen LogP contribution in [0.2, 0.25) is 0 Å². The quantitative estimate of drug-likeness (QED) is 0.588. The fourth-order valence-electron chi connectivity index (χ4n) is 1.84. The predicted molar refractivity (Wildman–Crippen MR) is 73.7 cm³/mol. The molecule has 0 radical (unpaired) electrons. The molecule has 1 rings (SSSR count). The van der Waals surface area contributed by atoms with E-state index in [-0.39, 0.29) is 5.82 Å². The SMILES string of the molecule is CC/C(=C/CNCCc1ccc(F)cc1C)C(=O)O. The van der Waals surface area contributed by atoms with E-state index < -0.39 is 5.97 Å². The van der Waals surface area contributed by atoms with Crippen LogP contribution in [0.4, 0.5) is 4.39 Å². The summed E-state index contributed by atoms with van der Waals surface area (Å²) in [5, 5.41) is 12.0. The van der Waals surface area contributed by atoms with Gasteiger partial charge in [0.15, 0.2) is 0 Å². The number of rotatable bonds is 7. The first-order valence-corrected chi connectivity index (χ1v) is 6.42. The third-order valence-corrected chi connectivity index (χ3v) is 3.02. The van der Waals surface area contributed by atoms with E-state index in [1.807, 2.05) is 13.8 Å². The van der Waals surface area contributed by atoms with Gasteiger partial charge in [-0.1, -0.05) is 19.1 Å². The Balaban J connectivity index is 2.37. The Kier molecular flexibility index (Phi) is 6.22. The molecule has 2 N–H and O–H groups in total. The smallest absolute Gasteiger partial charge is 0.331 e. The molecule has 19 heavy (non-hydrogen) atoms. The fraction of sp³-hybridized carbons (Fsp3) is 0.400. The molecule has 0 amide bonds. The zero-order chi connectivity index (χ0) is 14.3. The van der Waals surface area contributed by atoms with Crippen molar-refractivity contribution >= 4 is 5.97 Å². The Hall–Kier alpha value is -1.68. The Morgan fingerprint density at radius 1 is 1.47 bits per heavy atom. The first kappa shape index (κ1) is 15.4. The molecule has 1 aromatic carbocycles. The van der Waals surface area contributed by atoms with Crippen LogP contribution in [-0.4, -0.2) is 24.2 Å². The Morgan fingerprint density at radius 3 is 2.79 bits per heavy atom. The average molecular weight is 265 g/mol. The van der Waals surface area contributed by atoms with Gasteiger partial charge in [0.25, 0.3) is 0 Å². The Morgan fingerprint density at radius 2 is 2.21 bits per heavy atom. The van der Waals surface area contributed by atoms with Crippen LogP contribution in [-0.2, 0) is 11.2 Å². The van der Waals surface area contributed by atoms with Crippen molar-refractivity contribution in [1.29, 1.82) is 0 Å². The number of halogens is 1. The Bertz CT molecular complexity index is 469. The second kappa shape index (κ2) is 7.69. The van der Waals surface area contributed by atoms with Crippen LogP contribution < -0.4 is 5.32 Å². The van der Waals surface area contributed by atoms with Gasteiger partial charge >= 0.3 is 5.97 Å². The monoisotopic (exact) mass is 265 g/mol. The van der Waals surface area contributed by atoms with Crippen LogP contribution in [0.3, 0.4) is 0 Å². The molecule has 4 heteroatoms. The Labute approximate surface area is 113 Å². The van der Waals surface area contributed by atoms with Crippen LogP contribution in [0.5, 0.6) is 0 Å². The highest BCUT2D eigenvalue weighted by atomic mass is 19.1. The lowest BCUT2D eigenvalue weighted by molar-refractivity contribution is -0.132. The highest BCUT2D eigenvalue weighted by Crippen LogP contribution is 2.10. The van der Waals surface area contributed by atoms with Crippen LogP contribution in [0.15, 0.2) is 29.8 Å². The molecule has 0 aliphatic rings. The maximum atomic E-state index is 12.9. The second-order valence-corrected chi connectivity index (χ2v) is 4.41. The van der Waals surface area contributed by atoms with Gasteiger partial charge in [-0.05, 0) is 49.6 Å². The first-order valence-electron chi connectivity index (χ1n) is 6.42. The van der Waals surface area contributed by atoms with Gasteiger partial charge in [-0.25, -0.2) is 9.18 Å². The van der Waals surface area contributed by atoms with E-state index >= 15 is 0 Å². The summed E-state index contributed by atoms with van der Waals surface area (Å²) in [6, 6.07) is 4.77. The van der Waals surface area contributed by atoms with Gasteiger partial charge in [0, 0.05) is 12.1 Å². The van der Waals surface area contributed by atoms with Crippen molar-refractivity contribution in [1.82, 2.24) is 5.32 Å². The minimum Gasteiger partial charge on any atom is -0.478 e. The molecule has 0 aromatic heterocycles. The van der Waals surface area contributed by atoms with E-state index in [4.69, 9.17) is 5.11 Å². The third kappa shape index (κ3) is 5.22. The van der Waals surface area contributed by atoms with Crippen molar-refractivity contribution in [2.24, 2.45) is 0 Å². The molecule has 0 fully saturated rings. The first-order chi connectivity index (χ1) is 9.04. The number of carboxylic acid groups (broad SMARTS) is 1. The number of aryl methyl sites for hydroxylation is 1. The topological polar surface area (TPSA) is 49.3 Å². The molecule has 0 heterocycles. The van der Waals surface area contributed by atoms with E-state index in [0.29, 0.717) is 18.5 Å². The summed E-state index contributed by atoms with van der Waals surface area (Å²) in [4.78, 5) is 10.8. The highest BCUT2D eigenvalue weighted by molar-refractivity contribution is 5.86. The van der Waals surface area contributed by atoms with Crippen molar-refractivity contribution in [3.8, 4) is 0 Å². The molecule has 0 unspecified atom stereocenters. The molecule has 3 nitrogen and oxygen atoms in total. The molecular weight excluding hydrogens is 245 g/mol. The number of nitrogens with one attached hydrogen (secondary N) is 1. The summed E-state index contributed by atoms with van der Waals surface area (Å²) in [6.07, 6.45) is 3.02. The van der Waals surface area contributed by atoms with Crippen LogP contribution >= 0.6 is 0 Å². The normalized spacial score (nSPS) is 11.6. The third-order valence-electron chi connectivity index (χ3n) is 3.02. The molecule has 0 saturated carbocycles. The predicted octanol–water partition coefficient (Wildman–Crippen LogP) is 2.69. The molecule has 0 aliphatic heterocycles. The number of carboxylic acids is 1. The molecule has 104 valence electrons. The summed E-state index contributed by atoms with van der Waals surface area (Å²) in [5.41, 5.74) is 2.47. The van der Waals surface area contributed by atoms with Crippen LogP contribution in [0.25, 0.3) is 0 Å². The standard InChI is InChI=1S/C15H20FNO2/c1-3-12(15(18)19)6-8-17-9-7-13-4-5-14(16)10-11(13)2/h4-6,10,17H,3,7-9H2,1-2H3,(H,18,19)/b12-6-. The summed E-state index contributed by atoms with van der Waals surface area (Å²) in [6.45, 7) is 4.98. The number of hydrogen-bond acceptors (Lipinski definition) is 2. The van der Waals surface area contributed by atoms with Gasteiger partial charge in [-0.15, -0.1) is 0 Å². The summed E-state index contributed by atoms with van der Waals surface area (Å²) >= 11 is 0. The molecule has 0 atom stereocenters. The molecule has 0 bridgehead atoms. The zero-order valence-corrected chi connectivity index (χ0v) is 11.4. The van der Waals surface area contributed by atoms with Gasteiger partial charge in [0.2, 0.25) is 0 Å². The second-order valence-electron chi connectivity index (χ2n) is 4.41. The van der Waals surface area contributed by atoms with E-state index in [0.717, 1.165) is 24.1 Å². The van der Waals surface area contributed by atoms with Gasteiger partial charge in [0.05, 0.1) is 0 Å². The molecular formula is C15H20FNO2. The van der Waals surface area contributed by atoms with Crippen molar-refractivity contribution in [3.05, 3.63) is 46.8 Å². The fourth-order valence-corrected chi connectivity index (χ4v) is 1.84. The number of aliphatic carboxylic acids is 1. The lowest BCUT2D eigenvalue weighted by Gasteiger charge is -2.06. The number of carbonyl (C=O) groups is 1. The zero-order valence-electron chi connectivity index (χ0n) is 11.4. The molecule has 1 aromatic rings. The number of benzene rings is 1. The van der Waals surface area contributed by atoms with E-state index in [1.165, 1.54) is 12.1 Å². The van der Waals surface area contributed by atoms with Crippen molar-refractivity contribution < 1.29 is 14.3 Å². The lowest BCUT2D eigenvalue weighted by atomic mass is 10.1. The van der Waals surface area contributed by atoms with Gasteiger partial charge in [-0.3, -0.25) is 0 Å². The largest absolute Gasteiger partial charge is 0.478 e. The lowest BCUT2D eigenvalue weighted by Crippen LogP contribution is -2.18. The van der Waals surface area contributed by atoms with Crippen molar-refractivity contribution in [3.63, 3.8) is 0 Å². The van der Waals surface area contributed by atoms with Gasteiger partial charge < -0.3 is 10.4 Å². The minimum absolute atomic E-state index is 0.216. The van der Waals surface area contributed by atoms with E-state index in [9.17, 15) is 9.18 Å². The van der Waals surface area contributed by atoms with Crippen molar-refractivity contribution in [2.75, 3.05) is 13.1 Å². The van der Waals surface area contributed by atoms with Crippen LogP contribution in [0.1, 0.15) is 24.5 Å². The maximum absolute atomic E-state index is 12.9. The molecule has 0 aliphatic carbocycles. The maximum Gasteiger partial charge on any atom is 0.331 e. The van der Waals surface area contributed by atoms with Gasteiger partial charge in [0.1, 0.15) is 5.82 Å².